The van der Waals surface area contributed by atoms with Crippen LogP contribution in [-0.4, -0.2) is 41.9 Å². The number of nitrogens with zero attached hydrogens (tertiary/aromatic N) is 3. The third-order valence-corrected chi connectivity index (χ3v) is 5.73. The van der Waals surface area contributed by atoms with E-state index in [-0.39, 0.29) is 16.5 Å². The molecule has 0 atom stereocenters. The number of nitro groups is 1. The number of thiophene rings is 1. The zero-order chi connectivity index (χ0) is 18.1. The first-order chi connectivity index (χ1) is 12.6. The van der Waals surface area contributed by atoms with Gasteiger partial charge in [0.05, 0.1) is 9.80 Å². The van der Waals surface area contributed by atoms with Gasteiger partial charge in [-0.25, -0.2) is 0 Å². The number of piperazine rings is 1. The maximum Gasteiger partial charge on any atom is 0.292 e. The average Bonchev–Trinajstić information content (AvgIpc) is 3.12. The van der Waals surface area contributed by atoms with Gasteiger partial charge in [0.1, 0.15) is 5.69 Å². The highest BCUT2D eigenvalue weighted by Gasteiger charge is 2.26. The van der Waals surface area contributed by atoms with Crippen molar-refractivity contribution in [1.29, 1.82) is 0 Å². The van der Waals surface area contributed by atoms with Crippen molar-refractivity contribution in [3.05, 3.63) is 69.6 Å². The Hall–Kier alpha value is -2.93. The van der Waals surface area contributed by atoms with Crippen molar-refractivity contribution in [2.45, 2.75) is 0 Å². The fourth-order valence-corrected chi connectivity index (χ4v) is 4.31. The molecule has 3 aromatic rings. The molecule has 7 heteroatoms. The van der Waals surface area contributed by atoms with Crippen molar-refractivity contribution < 1.29 is 9.72 Å². The summed E-state index contributed by atoms with van der Waals surface area (Å²) in [5.74, 6) is 0.0356. The number of rotatable bonds is 3. The lowest BCUT2D eigenvalue weighted by atomic mass is 10.2. The van der Waals surface area contributed by atoms with Gasteiger partial charge in [-0.1, -0.05) is 30.3 Å². The molecular weight excluding hydrogens is 350 g/mol. The van der Waals surface area contributed by atoms with E-state index in [1.54, 1.807) is 18.2 Å². The number of para-hydroxylation sites is 2. The fourth-order valence-electron chi connectivity index (χ4n) is 3.28. The number of carbonyl (C=O) groups is 1. The van der Waals surface area contributed by atoms with Crippen LogP contribution in [0.4, 0.5) is 11.4 Å². The molecule has 2 aromatic carbocycles. The minimum Gasteiger partial charge on any atom is -0.362 e. The number of anilines is 1. The van der Waals surface area contributed by atoms with E-state index in [9.17, 15) is 14.9 Å². The van der Waals surface area contributed by atoms with Gasteiger partial charge in [-0.3, -0.25) is 14.9 Å². The van der Waals surface area contributed by atoms with E-state index in [2.05, 4.69) is 0 Å². The van der Waals surface area contributed by atoms with Gasteiger partial charge in [0.15, 0.2) is 0 Å². The van der Waals surface area contributed by atoms with Crippen LogP contribution < -0.4 is 4.90 Å². The van der Waals surface area contributed by atoms with Crippen LogP contribution in [0.2, 0.25) is 0 Å². The summed E-state index contributed by atoms with van der Waals surface area (Å²) in [6, 6.07) is 16.7. The van der Waals surface area contributed by atoms with Crippen LogP contribution in [0, 0.1) is 10.1 Å². The SMILES string of the molecule is O=C(c1cc2ccccc2s1)N1CCN(c2ccccc2[N+](=O)[O-])CC1. The van der Waals surface area contributed by atoms with E-state index >= 15 is 0 Å². The van der Waals surface area contributed by atoms with Gasteiger partial charge < -0.3 is 9.80 Å². The monoisotopic (exact) mass is 367 g/mol. The fraction of sp³-hybridized carbons (Fsp3) is 0.211. The van der Waals surface area contributed by atoms with Gasteiger partial charge >= 0.3 is 0 Å². The first-order valence-electron chi connectivity index (χ1n) is 8.40. The van der Waals surface area contributed by atoms with Gasteiger partial charge in [0, 0.05) is 36.9 Å². The number of benzene rings is 2. The number of fused-ring (bicyclic) bond motifs is 1. The Balaban J connectivity index is 1.48. The van der Waals surface area contributed by atoms with E-state index in [0.29, 0.717) is 31.9 Å². The predicted octanol–water partition coefficient (Wildman–Crippen LogP) is 3.77. The number of carbonyl (C=O) groups excluding carboxylic acids is 1. The second-order valence-electron chi connectivity index (χ2n) is 6.17. The first-order valence-corrected chi connectivity index (χ1v) is 9.21. The lowest BCUT2D eigenvalue weighted by molar-refractivity contribution is -0.384. The maximum atomic E-state index is 12.8. The van der Waals surface area contributed by atoms with Gasteiger partial charge in [-0.05, 0) is 23.6 Å². The lowest BCUT2D eigenvalue weighted by Gasteiger charge is -2.35. The van der Waals surface area contributed by atoms with Crippen LogP contribution in [0.25, 0.3) is 10.1 Å². The molecule has 1 aliphatic rings. The second kappa shape index (κ2) is 6.76. The molecule has 1 amide bonds. The average molecular weight is 367 g/mol. The van der Waals surface area contributed by atoms with Gasteiger partial charge in [-0.15, -0.1) is 11.3 Å². The van der Waals surface area contributed by atoms with Crippen molar-refractivity contribution >= 4 is 38.7 Å². The molecule has 0 saturated carbocycles. The summed E-state index contributed by atoms with van der Waals surface area (Å²) in [5.41, 5.74) is 0.725. The highest BCUT2D eigenvalue weighted by Crippen LogP contribution is 2.30. The quantitative estimate of drug-likeness (QED) is 0.522. The van der Waals surface area contributed by atoms with Crippen molar-refractivity contribution in [2.24, 2.45) is 0 Å². The number of amides is 1. The van der Waals surface area contributed by atoms with Gasteiger partial charge in [0.2, 0.25) is 0 Å². The third kappa shape index (κ3) is 3.01. The van der Waals surface area contributed by atoms with Gasteiger partial charge in [0.25, 0.3) is 11.6 Å². The molecule has 1 fully saturated rings. The normalized spacial score (nSPS) is 14.6. The Labute approximate surface area is 154 Å². The minimum atomic E-state index is -0.357. The molecule has 1 aliphatic heterocycles. The van der Waals surface area contributed by atoms with Crippen molar-refractivity contribution in [1.82, 2.24) is 4.90 Å². The summed E-state index contributed by atoms with van der Waals surface area (Å²) < 4.78 is 1.11. The van der Waals surface area contributed by atoms with Crippen molar-refractivity contribution in [3.8, 4) is 0 Å². The molecule has 26 heavy (non-hydrogen) atoms. The highest BCUT2D eigenvalue weighted by molar-refractivity contribution is 7.20. The largest absolute Gasteiger partial charge is 0.362 e. The van der Waals surface area contributed by atoms with E-state index in [1.165, 1.54) is 17.4 Å². The summed E-state index contributed by atoms with van der Waals surface area (Å²) in [6.07, 6.45) is 0. The zero-order valence-corrected chi connectivity index (χ0v) is 14.8. The zero-order valence-electron chi connectivity index (χ0n) is 14.0. The number of nitro benzene ring substituents is 1. The number of hydrogen-bond donors (Lipinski definition) is 0. The Kier molecular flexibility index (Phi) is 4.30. The summed E-state index contributed by atoms with van der Waals surface area (Å²) in [6.45, 7) is 2.28. The molecule has 0 N–H and O–H groups in total. The molecular formula is C19H17N3O3S. The highest BCUT2D eigenvalue weighted by atomic mass is 32.1. The van der Waals surface area contributed by atoms with Crippen LogP contribution in [-0.2, 0) is 0 Å². The van der Waals surface area contributed by atoms with E-state index < -0.39 is 0 Å². The smallest absolute Gasteiger partial charge is 0.292 e. The molecule has 0 bridgehead atoms. The molecule has 0 aliphatic carbocycles. The van der Waals surface area contributed by atoms with E-state index in [1.807, 2.05) is 40.1 Å². The summed E-state index contributed by atoms with van der Waals surface area (Å²) in [7, 11) is 0. The van der Waals surface area contributed by atoms with E-state index in [4.69, 9.17) is 0 Å². The minimum absolute atomic E-state index is 0.0356. The van der Waals surface area contributed by atoms with Gasteiger partial charge in [-0.2, -0.15) is 0 Å². The summed E-state index contributed by atoms with van der Waals surface area (Å²) >= 11 is 1.51. The maximum absolute atomic E-state index is 12.8. The molecule has 0 unspecified atom stereocenters. The standard InChI is InChI=1S/C19H17N3O3S/c23-19(18-13-14-5-1-4-8-17(14)26-18)21-11-9-20(10-12-21)15-6-2-3-7-16(15)22(24)25/h1-8,13H,9-12H2. The van der Waals surface area contributed by atoms with E-state index in [0.717, 1.165) is 15.0 Å². The van der Waals surface area contributed by atoms with Crippen LogP contribution in [0.5, 0.6) is 0 Å². The molecule has 1 aromatic heterocycles. The predicted molar refractivity (Wildman–Crippen MR) is 103 cm³/mol. The summed E-state index contributed by atoms with van der Waals surface area (Å²) in [4.78, 5) is 28.2. The Morgan fingerprint density at radius 2 is 1.69 bits per heavy atom. The second-order valence-corrected chi connectivity index (χ2v) is 7.26. The Bertz CT molecular complexity index is 944. The number of hydrogen-bond acceptors (Lipinski definition) is 5. The van der Waals surface area contributed by atoms with Crippen molar-refractivity contribution in [3.63, 3.8) is 0 Å². The van der Waals surface area contributed by atoms with Crippen LogP contribution in [0.15, 0.2) is 54.6 Å². The molecule has 0 radical (unpaired) electrons. The van der Waals surface area contributed by atoms with Crippen LogP contribution in [0.1, 0.15) is 9.67 Å². The Morgan fingerprint density at radius 1 is 1.00 bits per heavy atom. The third-order valence-electron chi connectivity index (χ3n) is 4.62. The van der Waals surface area contributed by atoms with Crippen molar-refractivity contribution in [2.75, 3.05) is 31.1 Å². The molecule has 4 rings (SSSR count). The molecule has 6 nitrogen and oxygen atoms in total. The molecule has 2 heterocycles. The molecule has 0 spiro atoms. The summed E-state index contributed by atoms with van der Waals surface area (Å²) in [5, 5.41) is 12.3. The Morgan fingerprint density at radius 3 is 2.42 bits per heavy atom. The van der Waals surface area contributed by atoms with Crippen LogP contribution >= 0.6 is 11.3 Å². The van der Waals surface area contributed by atoms with Crippen LogP contribution in [0.3, 0.4) is 0 Å². The topological polar surface area (TPSA) is 66.7 Å². The first kappa shape index (κ1) is 16.5. The lowest BCUT2D eigenvalue weighted by Crippen LogP contribution is -2.48. The molecule has 1 saturated heterocycles. The molecule has 132 valence electrons.